The van der Waals surface area contributed by atoms with Gasteiger partial charge < -0.3 is 11.1 Å². The highest BCUT2D eigenvalue weighted by molar-refractivity contribution is 7.09. The Bertz CT molecular complexity index is 307. The van der Waals surface area contributed by atoms with Gasteiger partial charge >= 0.3 is 0 Å². The predicted molar refractivity (Wildman–Crippen MR) is 54.7 cm³/mol. The first-order valence-corrected chi connectivity index (χ1v) is 5.21. The van der Waals surface area contributed by atoms with Crippen molar-refractivity contribution in [2.24, 2.45) is 5.41 Å². The molecule has 1 unspecified atom stereocenters. The average Bonchev–Trinajstić information content (AvgIpc) is 2.46. The van der Waals surface area contributed by atoms with Crippen molar-refractivity contribution in [2.75, 3.05) is 11.1 Å². The molecule has 0 saturated heterocycles. The van der Waals surface area contributed by atoms with Crippen molar-refractivity contribution >= 4 is 22.6 Å². The maximum Gasteiger partial charge on any atom is 0.233 e. The Kier molecular flexibility index (Phi) is 1.91. The molecular weight excluding hydrogens is 184 g/mol. The number of nitrogen functional groups attached to an aromatic ring is 1. The summed E-state index contributed by atoms with van der Waals surface area (Å²) in [6, 6.07) is 0.528. The summed E-state index contributed by atoms with van der Waals surface area (Å²) >= 11 is 1.33. The molecule has 5 heteroatoms. The minimum atomic E-state index is 0.365. The highest BCUT2D eigenvalue weighted by atomic mass is 32.1. The van der Waals surface area contributed by atoms with E-state index in [1.807, 2.05) is 0 Å². The van der Waals surface area contributed by atoms with E-state index in [4.69, 9.17) is 5.73 Å². The molecule has 0 bridgehead atoms. The molecular formula is C8H14N4S. The molecule has 13 heavy (non-hydrogen) atoms. The predicted octanol–water partition coefficient (Wildman–Crippen LogP) is 1.72. The first-order chi connectivity index (χ1) is 6.08. The van der Waals surface area contributed by atoms with E-state index < -0.39 is 0 Å². The Hall–Kier alpha value is -0.840. The van der Waals surface area contributed by atoms with Gasteiger partial charge in [-0.3, -0.25) is 0 Å². The molecule has 1 atom stereocenters. The van der Waals surface area contributed by atoms with Crippen molar-refractivity contribution in [3.8, 4) is 0 Å². The number of anilines is 2. The number of nitrogens with zero attached hydrogens (tertiary/aromatic N) is 2. The fourth-order valence-corrected chi connectivity index (χ4v) is 2.13. The lowest BCUT2D eigenvalue weighted by Crippen LogP contribution is -2.45. The minimum Gasteiger partial charge on any atom is -0.367 e. The van der Waals surface area contributed by atoms with Crippen LogP contribution < -0.4 is 11.1 Å². The third-order valence-electron chi connectivity index (χ3n) is 2.76. The van der Waals surface area contributed by atoms with E-state index in [-0.39, 0.29) is 0 Å². The largest absolute Gasteiger partial charge is 0.367 e. The van der Waals surface area contributed by atoms with Crippen molar-refractivity contribution in [1.29, 1.82) is 0 Å². The summed E-state index contributed by atoms with van der Waals surface area (Å²) in [5, 5.41) is 4.20. The van der Waals surface area contributed by atoms with Crippen LogP contribution >= 0.6 is 11.5 Å². The van der Waals surface area contributed by atoms with Crippen molar-refractivity contribution in [1.82, 2.24) is 9.36 Å². The molecule has 1 aromatic rings. The van der Waals surface area contributed by atoms with Crippen LogP contribution in [0.2, 0.25) is 0 Å². The van der Waals surface area contributed by atoms with Crippen LogP contribution in [-0.4, -0.2) is 15.4 Å². The number of hydrogen-bond donors (Lipinski definition) is 2. The van der Waals surface area contributed by atoms with E-state index in [1.54, 1.807) is 0 Å². The number of nitrogens with one attached hydrogen (secondary N) is 1. The monoisotopic (exact) mass is 198 g/mol. The maximum absolute atomic E-state index is 5.43. The van der Waals surface area contributed by atoms with Gasteiger partial charge in [-0.05, 0) is 18.3 Å². The van der Waals surface area contributed by atoms with Gasteiger partial charge in [0.1, 0.15) is 0 Å². The summed E-state index contributed by atoms with van der Waals surface area (Å²) in [5.41, 5.74) is 5.82. The topological polar surface area (TPSA) is 63.8 Å². The molecule has 0 radical (unpaired) electrons. The number of nitrogens with two attached hydrogens (primary N) is 1. The molecule has 1 aliphatic rings. The van der Waals surface area contributed by atoms with Gasteiger partial charge in [-0.1, -0.05) is 13.8 Å². The van der Waals surface area contributed by atoms with Gasteiger partial charge in [-0.25, -0.2) is 0 Å². The van der Waals surface area contributed by atoms with Crippen LogP contribution in [0, 0.1) is 5.41 Å². The first-order valence-electron chi connectivity index (χ1n) is 4.44. The van der Waals surface area contributed by atoms with Crippen LogP contribution in [0.4, 0.5) is 11.1 Å². The van der Waals surface area contributed by atoms with E-state index in [1.165, 1.54) is 24.4 Å². The van der Waals surface area contributed by atoms with Crippen LogP contribution in [0.5, 0.6) is 0 Å². The Morgan fingerprint density at radius 1 is 1.62 bits per heavy atom. The van der Waals surface area contributed by atoms with Crippen molar-refractivity contribution in [3.05, 3.63) is 0 Å². The zero-order valence-electron chi connectivity index (χ0n) is 7.87. The molecule has 72 valence electrons. The van der Waals surface area contributed by atoms with E-state index in [9.17, 15) is 0 Å². The SMILES string of the molecule is CC1(C)CCC1Nc1nc(N)ns1. The van der Waals surface area contributed by atoms with E-state index >= 15 is 0 Å². The lowest BCUT2D eigenvalue weighted by atomic mass is 9.67. The Balaban J connectivity index is 1.99. The quantitative estimate of drug-likeness (QED) is 0.759. The van der Waals surface area contributed by atoms with Gasteiger partial charge in [-0.2, -0.15) is 9.36 Å². The molecule has 3 N–H and O–H groups in total. The summed E-state index contributed by atoms with van der Waals surface area (Å²) in [6.45, 7) is 4.52. The van der Waals surface area contributed by atoms with Gasteiger partial charge in [-0.15, -0.1) is 0 Å². The molecule has 4 nitrogen and oxygen atoms in total. The Labute approximate surface area is 81.7 Å². The summed E-state index contributed by atoms with van der Waals surface area (Å²) < 4.78 is 3.92. The van der Waals surface area contributed by atoms with Gasteiger partial charge in [0.15, 0.2) is 0 Å². The summed E-state index contributed by atoms with van der Waals surface area (Å²) in [4.78, 5) is 4.07. The Morgan fingerprint density at radius 3 is 2.77 bits per heavy atom. The Morgan fingerprint density at radius 2 is 2.38 bits per heavy atom. The van der Waals surface area contributed by atoms with Crippen molar-refractivity contribution < 1.29 is 0 Å². The highest BCUT2D eigenvalue weighted by Crippen LogP contribution is 2.41. The smallest absolute Gasteiger partial charge is 0.233 e. The molecule has 1 aromatic heterocycles. The standard InChI is InChI=1S/C8H14N4S/c1-8(2)4-3-5(8)10-7-11-6(9)12-13-7/h5H,3-4H2,1-2H3,(H3,9,10,11,12). The van der Waals surface area contributed by atoms with Crippen LogP contribution in [0.15, 0.2) is 0 Å². The lowest BCUT2D eigenvalue weighted by molar-refractivity contribution is 0.160. The van der Waals surface area contributed by atoms with Crippen LogP contribution in [-0.2, 0) is 0 Å². The fourth-order valence-electron chi connectivity index (χ4n) is 1.58. The number of aromatic nitrogens is 2. The van der Waals surface area contributed by atoms with Crippen LogP contribution in [0.3, 0.4) is 0 Å². The van der Waals surface area contributed by atoms with Crippen molar-refractivity contribution in [3.63, 3.8) is 0 Å². The first kappa shape index (κ1) is 8.74. The fraction of sp³-hybridized carbons (Fsp3) is 0.750. The van der Waals surface area contributed by atoms with Crippen LogP contribution in [0.1, 0.15) is 26.7 Å². The molecule has 0 aromatic carbocycles. The second-order valence-corrected chi connectivity index (χ2v) is 4.93. The third-order valence-corrected chi connectivity index (χ3v) is 3.42. The molecule has 0 spiro atoms. The highest BCUT2D eigenvalue weighted by Gasteiger charge is 2.38. The average molecular weight is 198 g/mol. The summed E-state index contributed by atoms with van der Waals surface area (Å²) in [5.74, 6) is 0.365. The van der Waals surface area contributed by atoms with E-state index in [0.29, 0.717) is 17.4 Å². The number of rotatable bonds is 2. The van der Waals surface area contributed by atoms with Crippen LogP contribution in [0.25, 0.3) is 0 Å². The molecule has 1 saturated carbocycles. The second-order valence-electron chi connectivity index (χ2n) is 4.18. The molecule has 1 aliphatic carbocycles. The molecule has 2 rings (SSSR count). The van der Waals surface area contributed by atoms with E-state index in [2.05, 4.69) is 28.5 Å². The van der Waals surface area contributed by atoms with E-state index in [0.717, 1.165) is 5.13 Å². The number of hydrogen-bond acceptors (Lipinski definition) is 5. The zero-order valence-corrected chi connectivity index (χ0v) is 8.69. The van der Waals surface area contributed by atoms with Gasteiger partial charge in [0.2, 0.25) is 11.1 Å². The normalized spacial score (nSPS) is 25.2. The molecule has 1 fully saturated rings. The molecule has 0 aliphatic heterocycles. The van der Waals surface area contributed by atoms with Crippen molar-refractivity contribution in [2.45, 2.75) is 32.7 Å². The van der Waals surface area contributed by atoms with Gasteiger partial charge in [0, 0.05) is 17.6 Å². The third kappa shape index (κ3) is 1.60. The molecule has 1 heterocycles. The minimum absolute atomic E-state index is 0.365. The lowest BCUT2D eigenvalue weighted by Gasteiger charge is -2.44. The maximum atomic E-state index is 5.43. The summed E-state index contributed by atoms with van der Waals surface area (Å²) in [6.07, 6.45) is 2.49. The van der Waals surface area contributed by atoms with Gasteiger partial charge in [0.05, 0.1) is 0 Å². The molecule has 0 amide bonds. The summed E-state index contributed by atoms with van der Waals surface area (Å²) in [7, 11) is 0. The second kappa shape index (κ2) is 2.83. The van der Waals surface area contributed by atoms with Gasteiger partial charge in [0.25, 0.3) is 0 Å². The zero-order chi connectivity index (χ0) is 9.47.